The van der Waals surface area contributed by atoms with Crippen LogP contribution < -0.4 is 5.73 Å². The van der Waals surface area contributed by atoms with Gasteiger partial charge in [0.25, 0.3) is 0 Å². The lowest BCUT2D eigenvalue weighted by Crippen LogP contribution is -2.52. The zero-order valence-corrected chi connectivity index (χ0v) is 13.4. The zero-order chi connectivity index (χ0) is 14.7. The minimum atomic E-state index is 0.210. The molecule has 0 aromatic heterocycles. The van der Waals surface area contributed by atoms with Crippen molar-refractivity contribution in [2.24, 2.45) is 5.73 Å². The van der Waals surface area contributed by atoms with Crippen LogP contribution in [0.15, 0.2) is 24.3 Å². The second-order valence-electron chi connectivity index (χ2n) is 6.75. The Bertz CT molecular complexity index is 448. The highest BCUT2D eigenvalue weighted by molar-refractivity contribution is 5.31. The maximum Gasteiger partial charge on any atom is 0.0351 e. The maximum atomic E-state index is 6.28. The van der Waals surface area contributed by atoms with Crippen LogP contribution in [0.4, 0.5) is 0 Å². The van der Waals surface area contributed by atoms with Crippen LogP contribution in [0, 0.1) is 0 Å². The topological polar surface area (TPSA) is 32.5 Å². The van der Waals surface area contributed by atoms with E-state index in [2.05, 4.69) is 41.0 Å². The Hall–Kier alpha value is -0.900. The lowest BCUT2D eigenvalue weighted by molar-refractivity contribution is 0.0750. The van der Waals surface area contributed by atoms with Crippen LogP contribution >= 0.6 is 0 Å². The predicted molar refractivity (Wildman–Crippen MR) is 88.1 cm³/mol. The first-order valence-electron chi connectivity index (χ1n) is 8.52. The van der Waals surface area contributed by atoms with Crippen molar-refractivity contribution in [3.8, 4) is 0 Å². The first-order valence-corrected chi connectivity index (χ1v) is 8.52. The van der Waals surface area contributed by atoms with Crippen molar-refractivity contribution < 1.29 is 0 Å². The Balaban J connectivity index is 1.73. The van der Waals surface area contributed by atoms with Gasteiger partial charge in [-0.3, -0.25) is 4.90 Å². The summed E-state index contributed by atoms with van der Waals surface area (Å²) in [6, 6.07) is 8.88. The van der Waals surface area contributed by atoms with E-state index in [1.807, 2.05) is 0 Å². The van der Waals surface area contributed by atoms with E-state index in [0.29, 0.717) is 0 Å². The maximum absolute atomic E-state index is 6.28. The third-order valence-corrected chi connectivity index (χ3v) is 5.44. The molecule has 3 heteroatoms. The third-order valence-electron chi connectivity index (χ3n) is 5.44. The predicted octanol–water partition coefficient (Wildman–Crippen LogP) is 2.60. The molecule has 0 amide bonds. The molecular weight excluding hydrogens is 258 g/mol. The summed E-state index contributed by atoms with van der Waals surface area (Å²) in [6.07, 6.45) is 5.00. The molecule has 2 N–H and O–H groups in total. The number of benzene rings is 1. The summed E-state index contributed by atoms with van der Waals surface area (Å²) in [5.74, 6) is 0. The second-order valence-corrected chi connectivity index (χ2v) is 6.75. The average molecular weight is 287 g/mol. The first-order chi connectivity index (χ1) is 10.3. The van der Waals surface area contributed by atoms with Crippen molar-refractivity contribution >= 4 is 0 Å². The Kier molecular flexibility index (Phi) is 4.63. The molecule has 1 unspecified atom stereocenters. The van der Waals surface area contributed by atoms with E-state index in [1.165, 1.54) is 56.4 Å². The van der Waals surface area contributed by atoms with Gasteiger partial charge in [0.2, 0.25) is 0 Å². The molecule has 2 heterocycles. The first kappa shape index (κ1) is 15.0. The molecule has 1 saturated heterocycles. The van der Waals surface area contributed by atoms with Gasteiger partial charge < -0.3 is 10.6 Å². The highest BCUT2D eigenvalue weighted by atomic mass is 15.2. The zero-order valence-electron chi connectivity index (χ0n) is 13.4. The lowest BCUT2D eigenvalue weighted by Gasteiger charge is -2.40. The van der Waals surface area contributed by atoms with Crippen molar-refractivity contribution in [3.05, 3.63) is 35.4 Å². The van der Waals surface area contributed by atoms with E-state index in [4.69, 9.17) is 5.73 Å². The van der Waals surface area contributed by atoms with E-state index in [0.717, 1.165) is 19.6 Å². The quantitative estimate of drug-likeness (QED) is 0.924. The van der Waals surface area contributed by atoms with E-state index >= 15 is 0 Å². The molecule has 2 aliphatic rings. The van der Waals surface area contributed by atoms with Crippen molar-refractivity contribution in [2.45, 2.75) is 51.2 Å². The molecule has 0 aliphatic carbocycles. The smallest absolute Gasteiger partial charge is 0.0351 e. The third kappa shape index (κ3) is 3.01. The Morgan fingerprint density at radius 1 is 1.10 bits per heavy atom. The van der Waals surface area contributed by atoms with Gasteiger partial charge in [0.05, 0.1) is 0 Å². The summed E-state index contributed by atoms with van der Waals surface area (Å²) in [7, 11) is 0. The van der Waals surface area contributed by atoms with Crippen LogP contribution in [0.25, 0.3) is 0 Å². The average Bonchev–Trinajstić information content (AvgIpc) is 2.84. The van der Waals surface area contributed by atoms with E-state index < -0.39 is 0 Å². The Morgan fingerprint density at radius 3 is 2.43 bits per heavy atom. The molecule has 2 aliphatic heterocycles. The molecule has 0 spiro atoms. The van der Waals surface area contributed by atoms with Crippen LogP contribution in [0.1, 0.15) is 43.7 Å². The standard InChI is InChI=1S/C18H29N3/c1-2-10-20-11-5-8-18(15-19,9-12-20)21-13-16-6-3-4-7-17(16)14-21/h3-4,6-7H,2,5,8-15,19H2,1H3. The second kappa shape index (κ2) is 6.47. The van der Waals surface area contributed by atoms with Gasteiger partial charge in [0, 0.05) is 25.2 Å². The summed E-state index contributed by atoms with van der Waals surface area (Å²) < 4.78 is 0. The van der Waals surface area contributed by atoms with Gasteiger partial charge in [0.15, 0.2) is 0 Å². The molecule has 3 nitrogen and oxygen atoms in total. The number of nitrogens with two attached hydrogens (primary N) is 1. The van der Waals surface area contributed by atoms with Crippen molar-refractivity contribution in [1.82, 2.24) is 9.80 Å². The number of hydrogen-bond acceptors (Lipinski definition) is 3. The molecule has 116 valence electrons. The van der Waals surface area contributed by atoms with Gasteiger partial charge in [0.1, 0.15) is 0 Å². The monoisotopic (exact) mass is 287 g/mol. The summed E-state index contributed by atoms with van der Waals surface area (Å²) in [5, 5.41) is 0. The van der Waals surface area contributed by atoms with Crippen LogP contribution in [-0.4, -0.2) is 41.5 Å². The summed E-state index contributed by atoms with van der Waals surface area (Å²) in [6.45, 7) is 8.93. The lowest BCUT2D eigenvalue weighted by atomic mass is 9.88. The summed E-state index contributed by atoms with van der Waals surface area (Å²) in [5.41, 5.74) is 9.49. The minimum absolute atomic E-state index is 0.210. The van der Waals surface area contributed by atoms with Gasteiger partial charge in [-0.05, 0) is 56.4 Å². The van der Waals surface area contributed by atoms with Crippen molar-refractivity contribution in [3.63, 3.8) is 0 Å². The summed E-state index contributed by atoms with van der Waals surface area (Å²) >= 11 is 0. The van der Waals surface area contributed by atoms with E-state index in [1.54, 1.807) is 0 Å². The van der Waals surface area contributed by atoms with Gasteiger partial charge in [-0.25, -0.2) is 0 Å². The molecule has 1 fully saturated rings. The Morgan fingerprint density at radius 2 is 1.81 bits per heavy atom. The minimum Gasteiger partial charge on any atom is -0.329 e. The fourth-order valence-electron chi connectivity index (χ4n) is 4.09. The molecule has 1 aromatic rings. The van der Waals surface area contributed by atoms with E-state index in [-0.39, 0.29) is 5.54 Å². The molecule has 0 saturated carbocycles. The number of likely N-dealkylation sites (tertiary alicyclic amines) is 1. The number of rotatable bonds is 4. The fourth-order valence-corrected chi connectivity index (χ4v) is 4.09. The number of fused-ring (bicyclic) bond motifs is 1. The highest BCUT2D eigenvalue weighted by Gasteiger charge is 2.39. The molecular formula is C18H29N3. The van der Waals surface area contributed by atoms with Crippen molar-refractivity contribution in [2.75, 3.05) is 26.2 Å². The van der Waals surface area contributed by atoms with Gasteiger partial charge in [-0.15, -0.1) is 0 Å². The molecule has 0 bridgehead atoms. The van der Waals surface area contributed by atoms with Crippen LogP contribution in [-0.2, 0) is 13.1 Å². The highest BCUT2D eigenvalue weighted by Crippen LogP contribution is 2.35. The summed E-state index contributed by atoms with van der Waals surface area (Å²) in [4.78, 5) is 5.29. The molecule has 21 heavy (non-hydrogen) atoms. The molecule has 0 radical (unpaired) electrons. The Labute approximate surface area is 129 Å². The van der Waals surface area contributed by atoms with E-state index in [9.17, 15) is 0 Å². The van der Waals surface area contributed by atoms with Crippen molar-refractivity contribution in [1.29, 1.82) is 0 Å². The van der Waals surface area contributed by atoms with Crippen LogP contribution in [0.5, 0.6) is 0 Å². The molecule has 1 atom stereocenters. The fraction of sp³-hybridized carbons (Fsp3) is 0.667. The van der Waals surface area contributed by atoms with Gasteiger partial charge in [-0.1, -0.05) is 31.2 Å². The van der Waals surface area contributed by atoms with Gasteiger partial charge >= 0.3 is 0 Å². The van der Waals surface area contributed by atoms with Crippen LogP contribution in [0.2, 0.25) is 0 Å². The molecule has 3 rings (SSSR count). The molecule has 1 aromatic carbocycles. The number of hydrogen-bond donors (Lipinski definition) is 1. The largest absolute Gasteiger partial charge is 0.329 e. The number of nitrogens with zero attached hydrogens (tertiary/aromatic N) is 2. The normalized spacial score (nSPS) is 27.5. The SMILES string of the molecule is CCCN1CCCC(CN)(N2Cc3ccccc3C2)CC1. The van der Waals surface area contributed by atoms with Gasteiger partial charge in [-0.2, -0.15) is 0 Å². The van der Waals surface area contributed by atoms with Crippen LogP contribution in [0.3, 0.4) is 0 Å².